The van der Waals surface area contributed by atoms with Gasteiger partial charge in [-0.2, -0.15) is 0 Å². The molecule has 38 heavy (non-hydrogen) atoms. The van der Waals surface area contributed by atoms with Crippen molar-refractivity contribution in [2.45, 2.75) is 180 Å². The summed E-state index contributed by atoms with van der Waals surface area (Å²) in [5.41, 5.74) is 0. The fourth-order valence-corrected chi connectivity index (χ4v) is 4.80. The summed E-state index contributed by atoms with van der Waals surface area (Å²) in [4.78, 5) is 35.8. The molecule has 2 N–H and O–H groups in total. The molecular formula is C32H61NO5. The van der Waals surface area contributed by atoms with Gasteiger partial charge in [0.05, 0.1) is 13.0 Å². The maximum absolute atomic E-state index is 12.4. The highest BCUT2D eigenvalue weighted by Gasteiger charge is 2.24. The van der Waals surface area contributed by atoms with Gasteiger partial charge in [0.15, 0.2) is 0 Å². The monoisotopic (exact) mass is 539 g/mol. The van der Waals surface area contributed by atoms with Crippen LogP contribution >= 0.6 is 0 Å². The van der Waals surface area contributed by atoms with E-state index in [1.54, 1.807) is 0 Å². The minimum absolute atomic E-state index is 0.268. The maximum Gasteiger partial charge on any atom is 0.329 e. The number of nitrogens with one attached hydrogen (secondary N) is 1. The number of esters is 1. The Morgan fingerprint density at radius 1 is 0.579 bits per heavy atom. The summed E-state index contributed by atoms with van der Waals surface area (Å²) >= 11 is 0. The number of carbonyl (C=O) groups excluding carboxylic acids is 2. The van der Waals surface area contributed by atoms with Crippen molar-refractivity contribution in [1.29, 1.82) is 0 Å². The third-order valence-corrected chi connectivity index (χ3v) is 7.25. The van der Waals surface area contributed by atoms with Crippen LogP contribution in [0.5, 0.6) is 0 Å². The molecule has 0 spiro atoms. The number of carboxylic acid groups (broad SMARTS) is 1. The normalized spacial score (nSPS) is 11.8. The van der Waals surface area contributed by atoms with Crippen LogP contribution < -0.4 is 5.32 Å². The van der Waals surface area contributed by atoms with Crippen LogP contribution in [0.15, 0.2) is 0 Å². The summed E-state index contributed by atoms with van der Waals surface area (Å²) in [7, 11) is 0. The van der Waals surface area contributed by atoms with Crippen molar-refractivity contribution >= 4 is 17.8 Å². The molecule has 0 aliphatic carbocycles. The second-order valence-electron chi connectivity index (χ2n) is 11.1. The summed E-state index contributed by atoms with van der Waals surface area (Å²) < 4.78 is 5.28. The van der Waals surface area contributed by atoms with Gasteiger partial charge in [0.2, 0.25) is 5.91 Å². The van der Waals surface area contributed by atoms with E-state index in [1.807, 2.05) is 0 Å². The zero-order chi connectivity index (χ0) is 28.1. The quantitative estimate of drug-likeness (QED) is 0.0731. The van der Waals surface area contributed by atoms with Gasteiger partial charge in [0.1, 0.15) is 6.04 Å². The molecule has 6 nitrogen and oxygen atoms in total. The number of rotatable bonds is 29. The van der Waals surface area contributed by atoms with E-state index >= 15 is 0 Å². The molecule has 0 fully saturated rings. The molecule has 0 rings (SSSR count). The highest BCUT2D eigenvalue weighted by Crippen LogP contribution is 2.13. The zero-order valence-electron chi connectivity index (χ0n) is 25.0. The Balaban J connectivity index is 3.82. The SMILES string of the molecule is CCCCCCCCCCCCCCCC(=O)N[C@@H](CC(=O)O)C(=O)OCCCCCCCCCCCC. The zero-order valence-corrected chi connectivity index (χ0v) is 25.0. The second kappa shape index (κ2) is 28.4. The smallest absolute Gasteiger partial charge is 0.329 e. The van der Waals surface area contributed by atoms with Crippen molar-refractivity contribution in [1.82, 2.24) is 5.32 Å². The van der Waals surface area contributed by atoms with Crippen molar-refractivity contribution in [3.63, 3.8) is 0 Å². The molecule has 0 bridgehead atoms. The van der Waals surface area contributed by atoms with Crippen LogP contribution in [0, 0.1) is 0 Å². The molecule has 0 aromatic carbocycles. The molecule has 0 radical (unpaired) electrons. The summed E-state index contributed by atoms with van der Waals surface area (Å²) in [6.07, 6.45) is 27.9. The number of ether oxygens (including phenoxy) is 1. The Bertz CT molecular complexity index is 566. The largest absolute Gasteiger partial charge is 0.481 e. The molecule has 0 saturated carbocycles. The lowest BCUT2D eigenvalue weighted by molar-refractivity contribution is -0.151. The van der Waals surface area contributed by atoms with Gasteiger partial charge in [-0.05, 0) is 12.8 Å². The predicted molar refractivity (Wildman–Crippen MR) is 157 cm³/mol. The van der Waals surface area contributed by atoms with E-state index < -0.39 is 24.4 Å². The van der Waals surface area contributed by atoms with E-state index in [0.29, 0.717) is 6.42 Å². The van der Waals surface area contributed by atoms with Crippen molar-refractivity contribution < 1.29 is 24.2 Å². The molecule has 0 heterocycles. The Hall–Kier alpha value is -1.59. The molecule has 0 aliphatic heterocycles. The fourth-order valence-electron chi connectivity index (χ4n) is 4.80. The van der Waals surface area contributed by atoms with Gasteiger partial charge < -0.3 is 15.2 Å². The number of hydrogen-bond acceptors (Lipinski definition) is 4. The van der Waals surface area contributed by atoms with E-state index in [-0.39, 0.29) is 12.5 Å². The van der Waals surface area contributed by atoms with Crippen LogP contribution in [-0.2, 0) is 19.1 Å². The van der Waals surface area contributed by atoms with Gasteiger partial charge in [-0.25, -0.2) is 4.79 Å². The molecule has 0 aliphatic rings. The number of amides is 1. The average Bonchev–Trinajstić information content (AvgIpc) is 2.89. The van der Waals surface area contributed by atoms with E-state index in [2.05, 4.69) is 19.2 Å². The molecule has 0 aromatic heterocycles. The molecule has 224 valence electrons. The first kappa shape index (κ1) is 36.4. The summed E-state index contributed by atoms with van der Waals surface area (Å²) in [6.45, 7) is 4.76. The van der Waals surface area contributed by atoms with Crippen LogP contribution in [-0.4, -0.2) is 35.6 Å². The van der Waals surface area contributed by atoms with Crippen LogP contribution in [0.4, 0.5) is 0 Å². The summed E-state index contributed by atoms with van der Waals surface area (Å²) in [6, 6.07) is -1.11. The summed E-state index contributed by atoms with van der Waals surface area (Å²) in [5, 5.41) is 11.7. The van der Waals surface area contributed by atoms with Crippen molar-refractivity contribution in [3.05, 3.63) is 0 Å². The highest BCUT2D eigenvalue weighted by atomic mass is 16.5. The standard InChI is InChI=1S/C32H61NO5/c1-3-5-7-9-11-13-15-16-17-18-20-22-24-26-30(34)33-29(28-31(35)36)32(37)38-27-25-23-21-19-14-12-10-8-6-4-2/h29H,3-28H2,1-2H3,(H,33,34)(H,35,36)/t29-/m0/s1. The minimum Gasteiger partial charge on any atom is -0.481 e. The highest BCUT2D eigenvalue weighted by molar-refractivity contribution is 5.87. The third-order valence-electron chi connectivity index (χ3n) is 7.25. The molecule has 0 unspecified atom stereocenters. The molecule has 0 aromatic rings. The molecule has 0 saturated heterocycles. The molecule has 6 heteroatoms. The lowest BCUT2D eigenvalue weighted by Gasteiger charge is -2.16. The Morgan fingerprint density at radius 3 is 1.34 bits per heavy atom. The number of carbonyl (C=O) groups is 3. The van der Waals surface area contributed by atoms with Crippen molar-refractivity contribution in [3.8, 4) is 0 Å². The fraction of sp³-hybridized carbons (Fsp3) is 0.906. The van der Waals surface area contributed by atoms with Crippen molar-refractivity contribution in [2.24, 2.45) is 0 Å². The lowest BCUT2D eigenvalue weighted by Crippen LogP contribution is -2.43. The van der Waals surface area contributed by atoms with Crippen molar-refractivity contribution in [2.75, 3.05) is 6.61 Å². The maximum atomic E-state index is 12.4. The van der Waals surface area contributed by atoms with Crippen LogP contribution in [0.3, 0.4) is 0 Å². The predicted octanol–water partition coefficient (Wildman–Crippen LogP) is 8.89. The van der Waals surface area contributed by atoms with E-state index in [1.165, 1.54) is 109 Å². The second-order valence-corrected chi connectivity index (χ2v) is 11.1. The van der Waals surface area contributed by atoms with Gasteiger partial charge in [0, 0.05) is 6.42 Å². The van der Waals surface area contributed by atoms with Crippen LogP contribution in [0.25, 0.3) is 0 Å². The van der Waals surface area contributed by atoms with Gasteiger partial charge in [-0.3, -0.25) is 9.59 Å². The average molecular weight is 540 g/mol. The first-order chi connectivity index (χ1) is 18.5. The number of unbranched alkanes of at least 4 members (excludes halogenated alkanes) is 21. The molecular weight excluding hydrogens is 478 g/mol. The topological polar surface area (TPSA) is 92.7 Å². The van der Waals surface area contributed by atoms with Crippen LogP contribution in [0.2, 0.25) is 0 Å². The Labute approximate surface area is 234 Å². The van der Waals surface area contributed by atoms with Gasteiger partial charge in [-0.15, -0.1) is 0 Å². The summed E-state index contributed by atoms with van der Waals surface area (Å²) in [5.74, 6) is -2.02. The van der Waals surface area contributed by atoms with E-state index in [9.17, 15) is 14.4 Å². The van der Waals surface area contributed by atoms with Crippen LogP contribution in [0.1, 0.15) is 174 Å². The first-order valence-electron chi connectivity index (χ1n) is 16.2. The third kappa shape index (κ3) is 26.0. The lowest BCUT2D eigenvalue weighted by atomic mass is 10.0. The first-order valence-corrected chi connectivity index (χ1v) is 16.2. The van der Waals surface area contributed by atoms with Gasteiger partial charge in [-0.1, -0.05) is 149 Å². The van der Waals surface area contributed by atoms with E-state index in [4.69, 9.17) is 9.84 Å². The Morgan fingerprint density at radius 2 is 0.947 bits per heavy atom. The molecule has 1 atom stereocenters. The number of aliphatic carboxylic acids is 1. The van der Waals surface area contributed by atoms with E-state index in [0.717, 1.165) is 38.5 Å². The minimum atomic E-state index is -1.12. The van der Waals surface area contributed by atoms with Gasteiger partial charge in [0.25, 0.3) is 0 Å². The molecule has 1 amide bonds. The Kier molecular flexibility index (Phi) is 27.2. The van der Waals surface area contributed by atoms with Gasteiger partial charge >= 0.3 is 11.9 Å². The number of hydrogen-bond donors (Lipinski definition) is 2. The number of carboxylic acids is 1.